The molecule has 3 rings (SSSR count). The van der Waals surface area contributed by atoms with Crippen molar-refractivity contribution < 1.29 is 4.79 Å². The number of carbonyl (C=O) groups excluding carboxylic acids is 1. The molecule has 2 aromatic rings. The number of hydrogen-bond donors (Lipinski definition) is 1. The maximum absolute atomic E-state index is 12.7. The summed E-state index contributed by atoms with van der Waals surface area (Å²) in [5.41, 5.74) is 4.19. The number of pyridine rings is 1. The molecule has 1 atom stereocenters. The molecule has 1 N–H and O–H groups in total. The lowest BCUT2D eigenvalue weighted by Crippen LogP contribution is -2.28. The molecule has 1 aliphatic rings. The standard InChI is InChI=1S/C24H28N4OS2/c1-6-24(4,5)16-7-8-17-19(12-26)23(31-20(17)10-16)28-21(29)13-30-22-18(11-25)14(2)9-15(3)27-22/h9,16H,6-8,10,13H2,1-5H3,(H,28,29)/t16-/m1/s1. The van der Waals surface area contributed by atoms with Crippen molar-refractivity contribution in [3.8, 4) is 12.1 Å². The number of carbonyl (C=O) groups is 1. The van der Waals surface area contributed by atoms with E-state index >= 15 is 0 Å². The van der Waals surface area contributed by atoms with Crippen molar-refractivity contribution >= 4 is 34.0 Å². The number of rotatable bonds is 6. The topological polar surface area (TPSA) is 89.6 Å². The number of anilines is 1. The van der Waals surface area contributed by atoms with Crippen molar-refractivity contribution in [3.63, 3.8) is 0 Å². The van der Waals surface area contributed by atoms with Gasteiger partial charge in [0.25, 0.3) is 0 Å². The highest BCUT2D eigenvalue weighted by molar-refractivity contribution is 8.00. The molecule has 0 aromatic carbocycles. The molecule has 0 unspecified atom stereocenters. The van der Waals surface area contributed by atoms with E-state index in [2.05, 4.69) is 43.2 Å². The van der Waals surface area contributed by atoms with Crippen LogP contribution in [0.5, 0.6) is 0 Å². The van der Waals surface area contributed by atoms with Gasteiger partial charge in [0.2, 0.25) is 5.91 Å². The van der Waals surface area contributed by atoms with Gasteiger partial charge in [0.15, 0.2) is 0 Å². The first kappa shape index (κ1) is 23.3. The molecule has 0 fully saturated rings. The van der Waals surface area contributed by atoms with Crippen LogP contribution in [0.2, 0.25) is 0 Å². The predicted molar refractivity (Wildman–Crippen MR) is 126 cm³/mol. The van der Waals surface area contributed by atoms with Crippen LogP contribution in [0.3, 0.4) is 0 Å². The summed E-state index contributed by atoms with van der Waals surface area (Å²) in [6.07, 6.45) is 4.07. The van der Waals surface area contributed by atoms with E-state index in [9.17, 15) is 15.3 Å². The zero-order valence-electron chi connectivity index (χ0n) is 18.8. The van der Waals surface area contributed by atoms with Gasteiger partial charge < -0.3 is 5.32 Å². The lowest BCUT2D eigenvalue weighted by atomic mass is 9.69. The number of nitrogens with zero attached hydrogens (tertiary/aromatic N) is 3. The molecule has 0 radical (unpaired) electrons. The van der Waals surface area contributed by atoms with Crippen LogP contribution in [0.25, 0.3) is 0 Å². The fourth-order valence-electron chi connectivity index (χ4n) is 4.09. The lowest BCUT2D eigenvalue weighted by molar-refractivity contribution is -0.113. The van der Waals surface area contributed by atoms with E-state index in [1.165, 1.54) is 16.6 Å². The van der Waals surface area contributed by atoms with Gasteiger partial charge in [-0.2, -0.15) is 10.5 Å². The van der Waals surface area contributed by atoms with Crippen LogP contribution in [0, 0.1) is 47.8 Å². The smallest absolute Gasteiger partial charge is 0.235 e. The van der Waals surface area contributed by atoms with Crippen molar-refractivity contribution in [1.82, 2.24) is 4.98 Å². The molecule has 0 bridgehead atoms. The highest BCUT2D eigenvalue weighted by atomic mass is 32.2. The summed E-state index contributed by atoms with van der Waals surface area (Å²) < 4.78 is 0. The number of amides is 1. The lowest BCUT2D eigenvalue weighted by Gasteiger charge is -2.36. The van der Waals surface area contributed by atoms with E-state index < -0.39 is 0 Å². The molecule has 2 heterocycles. The van der Waals surface area contributed by atoms with Crippen LogP contribution in [-0.2, 0) is 17.6 Å². The minimum Gasteiger partial charge on any atom is -0.316 e. The van der Waals surface area contributed by atoms with Gasteiger partial charge in [-0.1, -0.05) is 39.0 Å². The number of nitrogens with one attached hydrogen (secondary N) is 1. The van der Waals surface area contributed by atoms with Crippen LogP contribution in [0.1, 0.15) is 66.4 Å². The third-order valence-corrected chi connectivity index (χ3v) is 8.55. The average Bonchev–Trinajstić information content (AvgIpc) is 3.07. The second kappa shape index (κ2) is 9.42. The summed E-state index contributed by atoms with van der Waals surface area (Å²) in [4.78, 5) is 18.3. The number of aryl methyl sites for hydroxylation is 2. The number of aromatic nitrogens is 1. The van der Waals surface area contributed by atoms with Gasteiger partial charge in [-0.15, -0.1) is 11.3 Å². The normalized spacial score (nSPS) is 15.6. The van der Waals surface area contributed by atoms with Crippen LogP contribution >= 0.6 is 23.1 Å². The Bertz CT molecular complexity index is 1090. The Morgan fingerprint density at radius 1 is 1.32 bits per heavy atom. The Hall–Kier alpha value is -2.35. The summed E-state index contributed by atoms with van der Waals surface area (Å²) in [7, 11) is 0. The Labute approximate surface area is 192 Å². The molecule has 31 heavy (non-hydrogen) atoms. The molecule has 0 aliphatic heterocycles. The quantitative estimate of drug-likeness (QED) is 0.562. The highest BCUT2D eigenvalue weighted by Gasteiger charge is 2.34. The van der Waals surface area contributed by atoms with Crippen molar-refractivity contribution in [2.75, 3.05) is 11.1 Å². The molecule has 0 spiro atoms. The minimum atomic E-state index is -0.185. The Balaban J connectivity index is 1.74. The van der Waals surface area contributed by atoms with E-state index in [0.717, 1.165) is 42.5 Å². The van der Waals surface area contributed by atoms with Crippen LogP contribution < -0.4 is 5.32 Å². The molecule has 0 saturated carbocycles. The second-order valence-electron chi connectivity index (χ2n) is 8.81. The van der Waals surface area contributed by atoms with Gasteiger partial charge in [-0.3, -0.25) is 4.79 Å². The Morgan fingerprint density at radius 2 is 2.03 bits per heavy atom. The zero-order valence-corrected chi connectivity index (χ0v) is 20.4. The number of nitriles is 2. The summed E-state index contributed by atoms with van der Waals surface area (Å²) >= 11 is 2.81. The van der Waals surface area contributed by atoms with Crippen molar-refractivity contribution in [1.29, 1.82) is 10.5 Å². The summed E-state index contributed by atoms with van der Waals surface area (Å²) in [5.74, 6) is 0.550. The van der Waals surface area contributed by atoms with E-state index in [1.54, 1.807) is 11.3 Å². The fraction of sp³-hybridized carbons (Fsp3) is 0.500. The molecule has 1 amide bonds. The Kier molecular flexibility index (Phi) is 7.09. The molecular formula is C24H28N4OS2. The first-order valence-corrected chi connectivity index (χ1v) is 12.4. The van der Waals surface area contributed by atoms with Gasteiger partial charge in [0.05, 0.1) is 16.9 Å². The maximum atomic E-state index is 12.7. The minimum absolute atomic E-state index is 0.142. The van der Waals surface area contributed by atoms with Gasteiger partial charge in [0, 0.05) is 10.6 Å². The molecule has 162 valence electrons. The first-order valence-electron chi connectivity index (χ1n) is 10.6. The number of hydrogen-bond acceptors (Lipinski definition) is 6. The van der Waals surface area contributed by atoms with Crippen LogP contribution in [0.15, 0.2) is 11.1 Å². The van der Waals surface area contributed by atoms with Crippen molar-refractivity contribution in [2.24, 2.45) is 11.3 Å². The highest BCUT2D eigenvalue weighted by Crippen LogP contribution is 2.45. The third-order valence-electron chi connectivity index (χ3n) is 6.41. The maximum Gasteiger partial charge on any atom is 0.235 e. The molecule has 2 aromatic heterocycles. The molecule has 0 saturated heterocycles. The average molecular weight is 453 g/mol. The van der Waals surface area contributed by atoms with Gasteiger partial charge in [-0.05, 0) is 61.6 Å². The predicted octanol–water partition coefficient (Wildman–Crippen LogP) is 5.78. The van der Waals surface area contributed by atoms with E-state index in [4.69, 9.17) is 0 Å². The van der Waals surface area contributed by atoms with Gasteiger partial charge >= 0.3 is 0 Å². The van der Waals surface area contributed by atoms with Gasteiger partial charge in [-0.25, -0.2) is 4.98 Å². The van der Waals surface area contributed by atoms with Crippen LogP contribution in [0.4, 0.5) is 5.00 Å². The number of fused-ring (bicyclic) bond motifs is 1. The largest absolute Gasteiger partial charge is 0.316 e. The van der Waals surface area contributed by atoms with Crippen molar-refractivity contribution in [3.05, 3.63) is 38.9 Å². The summed E-state index contributed by atoms with van der Waals surface area (Å²) in [6.45, 7) is 10.6. The Morgan fingerprint density at radius 3 is 2.68 bits per heavy atom. The molecule has 1 aliphatic carbocycles. The fourth-order valence-corrected chi connectivity index (χ4v) is 6.28. The van der Waals surface area contributed by atoms with Crippen LogP contribution in [-0.4, -0.2) is 16.6 Å². The molecule has 7 heteroatoms. The zero-order chi connectivity index (χ0) is 22.8. The van der Waals surface area contributed by atoms with Gasteiger partial charge in [0.1, 0.15) is 22.2 Å². The third kappa shape index (κ3) is 4.95. The van der Waals surface area contributed by atoms with E-state index in [1.807, 2.05) is 19.9 Å². The monoisotopic (exact) mass is 452 g/mol. The van der Waals surface area contributed by atoms with E-state index in [-0.39, 0.29) is 17.1 Å². The molecule has 5 nitrogen and oxygen atoms in total. The SMILES string of the molecule is CCC(C)(C)[C@@H]1CCc2c(sc(NC(=O)CSc3nc(C)cc(C)c3C#N)c2C#N)C1. The summed E-state index contributed by atoms with van der Waals surface area (Å²) in [5, 5.41) is 23.3. The number of thioether (sulfide) groups is 1. The van der Waals surface area contributed by atoms with E-state index in [0.29, 0.717) is 27.1 Å². The summed E-state index contributed by atoms with van der Waals surface area (Å²) in [6, 6.07) is 6.36. The molecular weight excluding hydrogens is 424 g/mol. The van der Waals surface area contributed by atoms with Crippen molar-refractivity contribution in [2.45, 2.75) is 65.3 Å². The second-order valence-corrected chi connectivity index (χ2v) is 10.9. The number of thiophene rings is 1. The first-order chi connectivity index (χ1) is 14.7.